The van der Waals surface area contributed by atoms with E-state index in [2.05, 4.69) is 10.6 Å². The molecule has 4 N–H and O–H groups in total. The van der Waals surface area contributed by atoms with Crippen molar-refractivity contribution in [1.82, 2.24) is 10.6 Å². The molecule has 2 atom stereocenters. The molecule has 0 fully saturated rings. The molecule has 0 aromatic heterocycles. The van der Waals surface area contributed by atoms with Crippen LogP contribution in [0.5, 0.6) is 0 Å². The van der Waals surface area contributed by atoms with Crippen molar-refractivity contribution in [3.63, 3.8) is 0 Å². The summed E-state index contributed by atoms with van der Waals surface area (Å²) in [7, 11) is 0. The third kappa shape index (κ3) is 12.8. The highest BCUT2D eigenvalue weighted by atomic mass is 35.5. The zero-order valence-electron chi connectivity index (χ0n) is 32.0. The summed E-state index contributed by atoms with van der Waals surface area (Å²) in [5, 5.41) is 24.8. The van der Waals surface area contributed by atoms with E-state index in [4.69, 9.17) is 32.7 Å². The van der Waals surface area contributed by atoms with Gasteiger partial charge in [0.15, 0.2) is 0 Å². The third-order valence-electron chi connectivity index (χ3n) is 8.10. The van der Waals surface area contributed by atoms with Crippen molar-refractivity contribution < 1.29 is 70.3 Å². The van der Waals surface area contributed by atoms with E-state index in [1.807, 2.05) is 0 Å². The maximum atomic E-state index is 13.5. The standard InChI is InChI=1S/2C19H16ClF3N2O5.H2O/c2*1-3-30-18(27)10(2)24-17(26)15-14(19(21,22)23)9-8-13(16(15)20)11-4-6-12(7-5-11)25(28)29;/h2*4-10H,3H2,1-2H3,(H,24,26);1H2. The van der Waals surface area contributed by atoms with Crippen LogP contribution in [0.4, 0.5) is 37.7 Å². The van der Waals surface area contributed by atoms with Crippen LogP contribution < -0.4 is 10.6 Å². The van der Waals surface area contributed by atoms with Crippen LogP contribution in [0.3, 0.4) is 0 Å². The monoisotopic (exact) mass is 906 g/mol. The van der Waals surface area contributed by atoms with E-state index in [1.54, 1.807) is 13.8 Å². The SMILES string of the molecule is CCOC(=O)C(C)NC(=O)c1c(C(F)(F)F)ccc(-c2ccc([N+](=O)[O-])cc2)c1Cl.CCOC(=O)C(C)NC(=O)c1c(C(F)(F)F)ccc(-c2ccc([N+](=O)[O-])cc2)c1Cl.O. The summed E-state index contributed by atoms with van der Waals surface area (Å²) in [6.07, 6.45) is -9.78. The van der Waals surface area contributed by atoms with Gasteiger partial charge >= 0.3 is 24.3 Å². The van der Waals surface area contributed by atoms with Crippen LogP contribution in [0, 0.1) is 20.2 Å². The molecule has 61 heavy (non-hydrogen) atoms. The van der Waals surface area contributed by atoms with E-state index >= 15 is 0 Å². The fraction of sp³-hybridized carbons (Fsp3) is 0.263. The lowest BCUT2D eigenvalue weighted by Crippen LogP contribution is -2.40. The van der Waals surface area contributed by atoms with Gasteiger partial charge in [-0.25, -0.2) is 9.59 Å². The highest BCUT2D eigenvalue weighted by Gasteiger charge is 2.39. The summed E-state index contributed by atoms with van der Waals surface area (Å²) in [5.74, 6) is -4.06. The summed E-state index contributed by atoms with van der Waals surface area (Å²) in [6, 6.07) is 10.9. The predicted octanol–water partition coefficient (Wildman–Crippen LogP) is 8.41. The Morgan fingerprint density at radius 3 is 1.15 bits per heavy atom. The van der Waals surface area contributed by atoms with Gasteiger partial charge in [-0.2, -0.15) is 26.3 Å². The van der Waals surface area contributed by atoms with Gasteiger partial charge in [0, 0.05) is 35.4 Å². The molecule has 0 saturated carbocycles. The molecule has 0 heterocycles. The van der Waals surface area contributed by atoms with Crippen LogP contribution in [-0.2, 0) is 31.4 Å². The first-order valence-electron chi connectivity index (χ1n) is 17.2. The van der Waals surface area contributed by atoms with Crippen molar-refractivity contribution in [2.45, 2.75) is 52.1 Å². The quantitative estimate of drug-likeness (QED) is 0.0597. The minimum absolute atomic E-state index is 0. The molecule has 23 heteroatoms. The topological polar surface area (TPSA) is 229 Å². The Morgan fingerprint density at radius 1 is 0.607 bits per heavy atom. The van der Waals surface area contributed by atoms with E-state index in [1.165, 1.54) is 38.1 Å². The Hall–Kier alpha value is -6.32. The first-order valence-corrected chi connectivity index (χ1v) is 17.9. The number of carbonyl (C=O) groups excluding carboxylic acids is 4. The highest BCUT2D eigenvalue weighted by Crippen LogP contribution is 2.41. The predicted molar refractivity (Wildman–Crippen MR) is 208 cm³/mol. The van der Waals surface area contributed by atoms with E-state index in [0.717, 1.165) is 36.4 Å². The summed E-state index contributed by atoms with van der Waals surface area (Å²) in [5.41, 5.74) is -4.07. The molecule has 328 valence electrons. The van der Waals surface area contributed by atoms with Crippen molar-refractivity contribution >= 4 is 58.3 Å². The zero-order chi connectivity index (χ0) is 45.3. The van der Waals surface area contributed by atoms with E-state index in [9.17, 15) is 65.7 Å². The third-order valence-corrected chi connectivity index (χ3v) is 8.89. The number of nitro benzene ring substituents is 2. The number of halogens is 8. The second-order valence-electron chi connectivity index (χ2n) is 12.2. The van der Waals surface area contributed by atoms with Gasteiger partial charge in [0.25, 0.3) is 23.2 Å². The van der Waals surface area contributed by atoms with Crippen molar-refractivity contribution in [3.8, 4) is 22.3 Å². The number of nitrogens with zero attached hydrogens (tertiary/aromatic N) is 2. The number of nitrogens with one attached hydrogen (secondary N) is 2. The Labute approximate surface area is 351 Å². The number of rotatable bonds is 12. The molecule has 0 bridgehead atoms. The van der Waals surface area contributed by atoms with Gasteiger partial charge in [0.05, 0.1) is 55.4 Å². The molecule has 0 spiro atoms. The minimum atomic E-state index is -4.89. The molecule has 4 rings (SSSR count). The van der Waals surface area contributed by atoms with Gasteiger partial charge in [-0.1, -0.05) is 35.3 Å². The maximum absolute atomic E-state index is 13.5. The van der Waals surface area contributed by atoms with E-state index in [-0.39, 0.29) is 52.3 Å². The van der Waals surface area contributed by atoms with Gasteiger partial charge in [0.1, 0.15) is 12.1 Å². The van der Waals surface area contributed by atoms with Crippen molar-refractivity contribution in [2.24, 2.45) is 0 Å². The lowest BCUT2D eigenvalue weighted by Gasteiger charge is -2.19. The Balaban J connectivity index is 0.000000413. The number of ether oxygens (including phenoxy) is 2. The lowest BCUT2D eigenvalue weighted by molar-refractivity contribution is -0.385. The molecule has 0 aliphatic carbocycles. The van der Waals surface area contributed by atoms with Crippen LogP contribution >= 0.6 is 23.2 Å². The number of hydrogen-bond donors (Lipinski definition) is 2. The number of amides is 2. The molecule has 15 nitrogen and oxygen atoms in total. The van der Waals surface area contributed by atoms with Gasteiger partial charge < -0.3 is 25.6 Å². The van der Waals surface area contributed by atoms with Gasteiger partial charge in [-0.05, 0) is 75.2 Å². The number of benzene rings is 4. The zero-order valence-corrected chi connectivity index (χ0v) is 33.5. The Bertz CT molecular complexity index is 2120. The number of carbonyl (C=O) groups is 4. The van der Waals surface area contributed by atoms with Crippen molar-refractivity contribution in [3.05, 3.63) is 125 Å². The molecular formula is C38H34Cl2F6N4O11. The molecular weight excluding hydrogens is 873 g/mol. The number of non-ortho nitro benzene ring substituents is 2. The molecule has 4 aromatic rings. The number of nitro groups is 2. The van der Waals surface area contributed by atoms with Crippen LogP contribution in [-0.4, -0.2) is 64.4 Å². The Morgan fingerprint density at radius 2 is 0.902 bits per heavy atom. The summed E-state index contributed by atoms with van der Waals surface area (Å²) >= 11 is 12.3. The normalized spacial score (nSPS) is 12.0. The highest BCUT2D eigenvalue weighted by molar-refractivity contribution is 6.37. The summed E-state index contributed by atoms with van der Waals surface area (Å²) in [6.45, 7) is 5.67. The van der Waals surface area contributed by atoms with Gasteiger partial charge in [-0.3, -0.25) is 29.8 Å². The molecule has 0 radical (unpaired) electrons. The molecule has 2 unspecified atom stereocenters. The fourth-order valence-corrected chi connectivity index (χ4v) is 5.95. The first kappa shape index (κ1) is 50.8. The minimum Gasteiger partial charge on any atom is -0.464 e. The van der Waals surface area contributed by atoms with Crippen molar-refractivity contribution in [2.75, 3.05) is 13.2 Å². The Kier molecular flexibility index (Phi) is 17.7. The molecule has 4 aromatic carbocycles. The van der Waals surface area contributed by atoms with Gasteiger partial charge in [-0.15, -0.1) is 0 Å². The number of hydrogen-bond acceptors (Lipinski definition) is 10. The number of esters is 2. The average Bonchev–Trinajstić information content (AvgIpc) is 3.17. The average molecular weight is 908 g/mol. The van der Waals surface area contributed by atoms with Crippen LogP contribution in [0.2, 0.25) is 10.0 Å². The van der Waals surface area contributed by atoms with Crippen molar-refractivity contribution in [1.29, 1.82) is 0 Å². The molecule has 0 saturated heterocycles. The molecule has 0 aliphatic rings. The lowest BCUT2D eigenvalue weighted by atomic mass is 9.97. The molecule has 2 amide bonds. The largest absolute Gasteiger partial charge is 0.464 e. The maximum Gasteiger partial charge on any atom is 0.417 e. The van der Waals surface area contributed by atoms with E-state index < -0.39 is 90.3 Å². The molecule has 0 aliphatic heterocycles. The van der Waals surface area contributed by atoms with Crippen LogP contribution in [0.1, 0.15) is 59.5 Å². The number of alkyl halides is 6. The summed E-state index contributed by atoms with van der Waals surface area (Å²) in [4.78, 5) is 68.9. The second-order valence-corrected chi connectivity index (χ2v) is 13.0. The van der Waals surface area contributed by atoms with Gasteiger partial charge in [0.2, 0.25) is 0 Å². The smallest absolute Gasteiger partial charge is 0.417 e. The van der Waals surface area contributed by atoms with Crippen LogP contribution in [0.15, 0.2) is 72.8 Å². The summed E-state index contributed by atoms with van der Waals surface area (Å²) < 4.78 is 90.3. The second kappa shape index (κ2) is 21.3. The first-order chi connectivity index (χ1) is 27.9. The van der Waals surface area contributed by atoms with Crippen LogP contribution in [0.25, 0.3) is 22.3 Å². The van der Waals surface area contributed by atoms with E-state index in [0.29, 0.717) is 12.1 Å². The fourth-order valence-electron chi connectivity index (χ4n) is 5.23.